The minimum atomic E-state index is -0.0213. The van der Waals surface area contributed by atoms with Crippen molar-refractivity contribution in [2.24, 2.45) is 5.92 Å². The second-order valence-corrected chi connectivity index (χ2v) is 5.88. The molecule has 1 atom stereocenters. The Labute approximate surface area is 126 Å². The molecule has 1 unspecified atom stereocenters. The third-order valence-corrected chi connectivity index (χ3v) is 3.91. The summed E-state index contributed by atoms with van der Waals surface area (Å²) in [5.74, 6) is 1.26. The largest absolute Gasteiger partial charge is 0.396 e. The molecule has 0 aromatic heterocycles. The first-order chi connectivity index (χ1) is 9.71. The molecule has 0 aliphatic carbocycles. The molecule has 0 heterocycles. The molecule has 1 aromatic carbocycles. The van der Waals surface area contributed by atoms with Crippen LogP contribution in [0, 0.1) is 5.92 Å². The predicted octanol–water partition coefficient (Wildman–Crippen LogP) is 3.08. The van der Waals surface area contributed by atoms with E-state index in [1.54, 1.807) is 11.8 Å². The van der Waals surface area contributed by atoms with E-state index in [-0.39, 0.29) is 12.5 Å². The van der Waals surface area contributed by atoms with E-state index in [1.165, 1.54) is 5.56 Å². The second kappa shape index (κ2) is 9.83. The van der Waals surface area contributed by atoms with Gasteiger partial charge in [0.15, 0.2) is 0 Å². The Kier molecular flexibility index (Phi) is 8.38. The summed E-state index contributed by atoms with van der Waals surface area (Å²) in [7, 11) is 0. The average Bonchev–Trinajstić information content (AvgIpc) is 2.45. The Bertz CT molecular complexity index is 403. The summed E-state index contributed by atoms with van der Waals surface area (Å²) in [5, 5.41) is 12.0. The Morgan fingerprint density at radius 2 is 2.20 bits per heavy atom. The van der Waals surface area contributed by atoms with Crippen LogP contribution in [-0.2, 0) is 5.75 Å². The van der Waals surface area contributed by atoms with Gasteiger partial charge < -0.3 is 10.4 Å². The first-order valence-corrected chi connectivity index (χ1v) is 8.57. The molecule has 1 rings (SSSR count). The molecule has 0 aliphatic heterocycles. The molecule has 1 aromatic rings. The van der Waals surface area contributed by atoms with Gasteiger partial charge in [0.25, 0.3) is 5.91 Å². The van der Waals surface area contributed by atoms with Crippen LogP contribution in [-0.4, -0.2) is 30.4 Å². The molecule has 112 valence electrons. The van der Waals surface area contributed by atoms with Gasteiger partial charge in [-0.3, -0.25) is 4.79 Å². The SMILES string of the molecule is CCCC(CCO)CNC(=O)c1cccc(CSC)c1. The van der Waals surface area contributed by atoms with E-state index in [4.69, 9.17) is 5.11 Å². The molecule has 4 heteroatoms. The lowest BCUT2D eigenvalue weighted by molar-refractivity contribution is 0.0943. The van der Waals surface area contributed by atoms with Crippen LogP contribution in [0.5, 0.6) is 0 Å². The second-order valence-electron chi connectivity index (χ2n) is 5.01. The maximum absolute atomic E-state index is 12.1. The van der Waals surface area contributed by atoms with E-state index in [0.29, 0.717) is 12.5 Å². The minimum Gasteiger partial charge on any atom is -0.396 e. The van der Waals surface area contributed by atoms with Crippen molar-refractivity contribution in [1.29, 1.82) is 0 Å². The van der Waals surface area contributed by atoms with Gasteiger partial charge in [-0.25, -0.2) is 0 Å². The fourth-order valence-corrected chi connectivity index (χ4v) is 2.76. The maximum atomic E-state index is 12.1. The number of thioether (sulfide) groups is 1. The number of aliphatic hydroxyl groups excluding tert-OH is 1. The van der Waals surface area contributed by atoms with Gasteiger partial charge in [0, 0.05) is 24.5 Å². The van der Waals surface area contributed by atoms with E-state index in [0.717, 1.165) is 30.6 Å². The van der Waals surface area contributed by atoms with E-state index in [9.17, 15) is 4.79 Å². The Hall–Kier alpha value is -1.00. The molecule has 3 nitrogen and oxygen atoms in total. The van der Waals surface area contributed by atoms with E-state index < -0.39 is 0 Å². The predicted molar refractivity (Wildman–Crippen MR) is 86.1 cm³/mol. The lowest BCUT2D eigenvalue weighted by atomic mass is 10.00. The number of hydrogen-bond donors (Lipinski definition) is 2. The third-order valence-electron chi connectivity index (χ3n) is 3.29. The Balaban J connectivity index is 2.54. The van der Waals surface area contributed by atoms with E-state index in [2.05, 4.69) is 18.5 Å². The molecule has 2 N–H and O–H groups in total. The molecule has 0 radical (unpaired) electrons. The highest BCUT2D eigenvalue weighted by atomic mass is 32.2. The van der Waals surface area contributed by atoms with Crippen molar-refractivity contribution in [3.8, 4) is 0 Å². The fraction of sp³-hybridized carbons (Fsp3) is 0.562. The van der Waals surface area contributed by atoms with Crippen molar-refractivity contribution in [3.63, 3.8) is 0 Å². The highest BCUT2D eigenvalue weighted by Gasteiger charge is 2.11. The van der Waals surface area contributed by atoms with Crippen LogP contribution in [0.4, 0.5) is 0 Å². The number of carbonyl (C=O) groups is 1. The normalized spacial score (nSPS) is 12.2. The third kappa shape index (κ3) is 5.97. The van der Waals surface area contributed by atoms with Crippen LogP contribution in [0.15, 0.2) is 24.3 Å². The topological polar surface area (TPSA) is 49.3 Å². The van der Waals surface area contributed by atoms with Gasteiger partial charge in [-0.2, -0.15) is 11.8 Å². The smallest absolute Gasteiger partial charge is 0.251 e. The van der Waals surface area contributed by atoms with Gasteiger partial charge in [0.2, 0.25) is 0 Å². The summed E-state index contributed by atoms with van der Waals surface area (Å²) >= 11 is 1.75. The zero-order valence-corrected chi connectivity index (χ0v) is 13.2. The molecular formula is C16H25NO2S. The number of hydrogen-bond acceptors (Lipinski definition) is 3. The van der Waals surface area contributed by atoms with Crippen LogP contribution < -0.4 is 5.32 Å². The fourth-order valence-electron chi connectivity index (χ4n) is 2.25. The van der Waals surface area contributed by atoms with Crippen molar-refractivity contribution in [1.82, 2.24) is 5.32 Å². The number of amides is 1. The van der Waals surface area contributed by atoms with Gasteiger partial charge >= 0.3 is 0 Å². The molecule has 20 heavy (non-hydrogen) atoms. The summed E-state index contributed by atoms with van der Waals surface area (Å²) in [6.07, 6.45) is 4.91. The standard InChI is InChI=1S/C16H25NO2S/c1-3-5-13(8-9-18)11-17-16(19)15-7-4-6-14(10-15)12-20-2/h4,6-7,10,13,18H,3,5,8-9,11-12H2,1-2H3,(H,17,19). The molecule has 0 aliphatic rings. The van der Waals surface area contributed by atoms with Gasteiger partial charge in [-0.1, -0.05) is 25.5 Å². The summed E-state index contributed by atoms with van der Waals surface area (Å²) in [6.45, 7) is 2.95. The lowest BCUT2D eigenvalue weighted by Gasteiger charge is -2.15. The first kappa shape index (κ1) is 17.1. The van der Waals surface area contributed by atoms with Crippen LogP contribution in [0.25, 0.3) is 0 Å². The highest BCUT2D eigenvalue weighted by molar-refractivity contribution is 7.97. The van der Waals surface area contributed by atoms with Crippen LogP contribution in [0.2, 0.25) is 0 Å². The molecule has 1 amide bonds. The number of benzene rings is 1. The lowest BCUT2D eigenvalue weighted by Crippen LogP contribution is -2.29. The quantitative estimate of drug-likeness (QED) is 0.736. The first-order valence-electron chi connectivity index (χ1n) is 7.18. The van der Waals surface area contributed by atoms with Crippen LogP contribution in [0.3, 0.4) is 0 Å². The minimum absolute atomic E-state index is 0.0213. The van der Waals surface area contributed by atoms with E-state index >= 15 is 0 Å². The molecule has 0 fully saturated rings. The molecule has 0 saturated carbocycles. The van der Waals surface area contributed by atoms with Crippen molar-refractivity contribution in [3.05, 3.63) is 35.4 Å². The van der Waals surface area contributed by atoms with Gasteiger partial charge in [-0.05, 0) is 42.7 Å². The number of nitrogens with one attached hydrogen (secondary N) is 1. The Morgan fingerprint density at radius 1 is 1.40 bits per heavy atom. The van der Waals surface area contributed by atoms with Crippen molar-refractivity contribution in [2.75, 3.05) is 19.4 Å². The summed E-state index contributed by atoms with van der Waals surface area (Å²) in [4.78, 5) is 12.1. The highest BCUT2D eigenvalue weighted by Crippen LogP contribution is 2.13. The number of carbonyl (C=O) groups excluding carboxylic acids is 1. The molecule has 0 bridgehead atoms. The maximum Gasteiger partial charge on any atom is 0.251 e. The number of rotatable bonds is 9. The Morgan fingerprint density at radius 3 is 2.85 bits per heavy atom. The summed E-state index contributed by atoms with van der Waals surface area (Å²) in [5.41, 5.74) is 1.89. The monoisotopic (exact) mass is 295 g/mol. The zero-order valence-electron chi connectivity index (χ0n) is 12.4. The van der Waals surface area contributed by atoms with Crippen LogP contribution in [0.1, 0.15) is 42.1 Å². The van der Waals surface area contributed by atoms with Gasteiger partial charge in [0.05, 0.1) is 0 Å². The summed E-state index contributed by atoms with van der Waals surface area (Å²) in [6, 6.07) is 7.77. The number of aliphatic hydroxyl groups is 1. The van der Waals surface area contributed by atoms with Gasteiger partial charge in [0.1, 0.15) is 0 Å². The van der Waals surface area contributed by atoms with Gasteiger partial charge in [-0.15, -0.1) is 0 Å². The van der Waals surface area contributed by atoms with E-state index in [1.807, 2.05) is 24.3 Å². The molecule has 0 saturated heterocycles. The van der Waals surface area contributed by atoms with Crippen molar-refractivity contribution in [2.45, 2.75) is 31.9 Å². The molecule has 0 spiro atoms. The van der Waals surface area contributed by atoms with Crippen LogP contribution >= 0.6 is 11.8 Å². The van der Waals surface area contributed by atoms with Crippen molar-refractivity contribution >= 4 is 17.7 Å². The zero-order chi connectivity index (χ0) is 14.8. The van der Waals surface area contributed by atoms with Crippen molar-refractivity contribution < 1.29 is 9.90 Å². The molecular weight excluding hydrogens is 270 g/mol. The summed E-state index contributed by atoms with van der Waals surface area (Å²) < 4.78 is 0. The average molecular weight is 295 g/mol.